The van der Waals surface area contributed by atoms with Crippen LogP contribution in [0.25, 0.3) is 0 Å². The van der Waals surface area contributed by atoms with E-state index in [1.165, 1.54) is 37.5 Å². The fourth-order valence-corrected chi connectivity index (χ4v) is 3.52. The van der Waals surface area contributed by atoms with Gasteiger partial charge in [-0.25, -0.2) is 9.37 Å². The lowest BCUT2D eigenvalue weighted by Gasteiger charge is -2.26. The SMILES string of the molecule is O=C(Nc1nc(C(=O)NCCN2CCCCC2)cs1)c1cccc(F)c1. The van der Waals surface area contributed by atoms with E-state index in [9.17, 15) is 14.0 Å². The molecule has 0 unspecified atom stereocenters. The number of anilines is 1. The quantitative estimate of drug-likeness (QED) is 0.813. The van der Waals surface area contributed by atoms with Gasteiger partial charge in [-0.1, -0.05) is 12.5 Å². The molecule has 1 aromatic carbocycles. The van der Waals surface area contributed by atoms with Gasteiger partial charge < -0.3 is 10.2 Å². The highest BCUT2D eigenvalue weighted by Gasteiger charge is 2.14. The molecule has 1 aliphatic rings. The summed E-state index contributed by atoms with van der Waals surface area (Å²) >= 11 is 1.16. The van der Waals surface area contributed by atoms with Crippen LogP contribution in [0.15, 0.2) is 29.6 Å². The van der Waals surface area contributed by atoms with Crippen molar-refractivity contribution in [2.24, 2.45) is 0 Å². The number of rotatable bonds is 6. The predicted octanol–water partition coefficient (Wildman–Crippen LogP) is 2.75. The van der Waals surface area contributed by atoms with E-state index in [1.807, 2.05) is 0 Å². The molecule has 26 heavy (non-hydrogen) atoms. The van der Waals surface area contributed by atoms with Crippen LogP contribution < -0.4 is 10.6 Å². The second-order valence-corrected chi connectivity index (χ2v) is 7.02. The summed E-state index contributed by atoms with van der Waals surface area (Å²) in [4.78, 5) is 30.7. The maximum atomic E-state index is 13.2. The Morgan fingerprint density at radius 3 is 2.77 bits per heavy atom. The molecule has 0 bridgehead atoms. The van der Waals surface area contributed by atoms with Gasteiger partial charge in [0.1, 0.15) is 11.5 Å². The fraction of sp³-hybridized carbons (Fsp3) is 0.389. The zero-order valence-corrected chi connectivity index (χ0v) is 15.2. The van der Waals surface area contributed by atoms with Gasteiger partial charge in [0.25, 0.3) is 11.8 Å². The normalized spacial score (nSPS) is 14.8. The van der Waals surface area contributed by atoms with E-state index in [4.69, 9.17) is 0 Å². The van der Waals surface area contributed by atoms with Crippen molar-refractivity contribution >= 4 is 28.3 Å². The van der Waals surface area contributed by atoms with Crippen molar-refractivity contribution in [3.05, 3.63) is 46.7 Å². The van der Waals surface area contributed by atoms with Gasteiger partial charge in [-0.15, -0.1) is 11.3 Å². The molecule has 0 radical (unpaired) electrons. The third-order valence-electron chi connectivity index (χ3n) is 4.21. The van der Waals surface area contributed by atoms with E-state index in [1.54, 1.807) is 5.38 Å². The average molecular weight is 376 g/mol. The lowest BCUT2D eigenvalue weighted by atomic mass is 10.1. The van der Waals surface area contributed by atoms with Gasteiger partial charge in [-0.2, -0.15) is 0 Å². The molecule has 1 aromatic heterocycles. The zero-order valence-electron chi connectivity index (χ0n) is 14.3. The van der Waals surface area contributed by atoms with Crippen LogP contribution in [-0.4, -0.2) is 47.9 Å². The van der Waals surface area contributed by atoms with Crippen LogP contribution in [0.5, 0.6) is 0 Å². The molecule has 2 N–H and O–H groups in total. The Hall–Kier alpha value is -2.32. The molecule has 8 heteroatoms. The summed E-state index contributed by atoms with van der Waals surface area (Å²) in [5.74, 6) is -1.20. The van der Waals surface area contributed by atoms with Crippen LogP contribution in [0.1, 0.15) is 40.1 Å². The molecule has 0 aliphatic carbocycles. The van der Waals surface area contributed by atoms with Gasteiger partial charge in [0.15, 0.2) is 5.13 Å². The van der Waals surface area contributed by atoms with Crippen molar-refractivity contribution in [2.45, 2.75) is 19.3 Å². The number of piperidine rings is 1. The van der Waals surface area contributed by atoms with Gasteiger partial charge in [-0.05, 0) is 44.1 Å². The molecule has 1 fully saturated rings. The van der Waals surface area contributed by atoms with Gasteiger partial charge in [0.05, 0.1) is 0 Å². The number of aromatic nitrogens is 1. The summed E-state index contributed by atoms with van der Waals surface area (Å²) in [6, 6.07) is 5.40. The van der Waals surface area contributed by atoms with Crippen LogP contribution in [0.4, 0.5) is 9.52 Å². The van der Waals surface area contributed by atoms with E-state index < -0.39 is 11.7 Å². The number of halogens is 1. The second kappa shape index (κ2) is 8.86. The Bertz CT molecular complexity index is 774. The molecule has 1 saturated heterocycles. The van der Waals surface area contributed by atoms with Gasteiger partial charge >= 0.3 is 0 Å². The molecule has 0 atom stereocenters. The Labute approximate surface area is 155 Å². The first-order valence-electron chi connectivity index (χ1n) is 8.65. The van der Waals surface area contributed by atoms with Crippen molar-refractivity contribution in [3.63, 3.8) is 0 Å². The Balaban J connectivity index is 1.48. The molecule has 3 rings (SSSR count). The van der Waals surface area contributed by atoms with Crippen molar-refractivity contribution in [1.29, 1.82) is 0 Å². The van der Waals surface area contributed by atoms with Crippen molar-refractivity contribution in [1.82, 2.24) is 15.2 Å². The first kappa shape index (κ1) is 18.5. The molecule has 138 valence electrons. The maximum Gasteiger partial charge on any atom is 0.270 e. The lowest BCUT2D eigenvalue weighted by Crippen LogP contribution is -2.37. The molecular formula is C18H21FN4O2S. The number of carbonyl (C=O) groups excluding carboxylic acids is 2. The first-order valence-corrected chi connectivity index (χ1v) is 9.53. The molecule has 0 saturated carbocycles. The van der Waals surface area contributed by atoms with Crippen LogP contribution in [0.3, 0.4) is 0 Å². The van der Waals surface area contributed by atoms with Crippen LogP contribution in [0, 0.1) is 5.82 Å². The number of hydrogen-bond donors (Lipinski definition) is 2. The minimum absolute atomic E-state index is 0.202. The van der Waals surface area contributed by atoms with Crippen molar-refractivity contribution in [2.75, 3.05) is 31.5 Å². The highest BCUT2D eigenvalue weighted by molar-refractivity contribution is 7.14. The maximum absolute atomic E-state index is 13.2. The summed E-state index contributed by atoms with van der Waals surface area (Å²) in [7, 11) is 0. The molecule has 0 spiro atoms. The predicted molar refractivity (Wildman–Crippen MR) is 99.1 cm³/mol. The standard InChI is InChI=1S/C18H21FN4O2S/c19-14-6-4-5-13(11-14)16(24)22-18-21-15(12-26-18)17(25)20-7-10-23-8-2-1-3-9-23/h4-6,11-12H,1-3,7-10H2,(H,20,25)(H,21,22,24). The highest BCUT2D eigenvalue weighted by atomic mass is 32.1. The minimum atomic E-state index is -0.481. The third kappa shape index (κ3) is 5.09. The Morgan fingerprint density at radius 1 is 1.19 bits per heavy atom. The average Bonchev–Trinajstić information content (AvgIpc) is 3.11. The summed E-state index contributed by atoms with van der Waals surface area (Å²) in [5.41, 5.74) is 0.468. The highest BCUT2D eigenvalue weighted by Crippen LogP contribution is 2.17. The number of nitrogens with zero attached hydrogens (tertiary/aromatic N) is 2. The number of nitrogens with one attached hydrogen (secondary N) is 2. The van der Waals surface area contributed by atoms with Gasteiger partial charge in [0.2, 0.25) is 0 Å². The number of likely N-dealkylation sites (tertiary alicyclic amines) is 1. The summed E-state index contributed by atoms with van der Waals surface area (Å²) in [6.45, 7) is 3.58. The number of thiazole rings is 1. The topological polar surface area (TPSA) is 74.3 Å². The zero-order chi connectivity index (χ0) is 18.4. The Morgan fingerprint density at radius 2 is 2.00 bits per heavy atom. The summed E-state index contributed by atoms with van der Waals surface area (Å²) in [6.07, 6.45) is 3.72. The molecule has 2 heterocycles. The summed E-state index contributed by atoms with van der Waals surface area (Å²) in [5, 5.41) is 7.34. The molecular weight excluding hydrogens is 355 g/mol. The van der Waals surface area contributed by atoms with Crippen LogP contribution in [0.2, 0.25) is 0 Å². The van der Waals surface area contributed by atoms with Crippen molar-refractivity contribution < 1.29 is 14.0 Å². The van der Waals surface area contributed by atoms with E-state index in [0.717, 1.165) is 37.0 Å². The third-order valence-corrected chi connectivity index (χ3v) is 4.96. The van der Waals surface area contributed by atoms with Gasteiger partial charge in [0, 0.05) is 24.0 Å². The number of benzene rings is 1. The number of hydrogen-bond acceptors (Lipinski definition) is 5. The molecule has 2 amide bonds. The smallest absolute Gasteiger partial charge is 0.270 e. The molecule has 2 aromatic rings. The second-order valence-electron chi connectivity index (χ2n) is 6.16. The van der Waals surface area contributed by atoms with E-state index >= 15 is 0 Å². The molecule has 1 aliphatic heterocycles. The monoisotopic (exact) mass is 376 g/mol. The van der Waals surface area contributed by atoms with Gasteiger partial charge in [-0.3, -0.25) is 14.9 Å². The lowest BCUT2D eigenvalue weighted by molar-refractivity contribution is 0.0941. The number of amides is 2. The molecule has 6 nitrogen and oxygen atoms in total. The first-order chi connectivity index (χ1) is 12.6. The van der Waals surface area contributed by atoms with Crippen molar-refractivity contribution in [3.8, 4) is 0 Å². The summed E-state index contributed by atoms with van der Waals surface area (Å²) < 4.78 is 13.2. The van der Waals surface area contributed by atoms with Crippen LogP contribution in [-0.2, 0) is 0 Å². The minimum Gasteiger partial charge on any atom is -0.349 e. The van der Waals surface area contributed by atoms with E-state index in [0.29, 0.717) is 11.7 Å². The fourth-order valence-electron chi connectivity index (χ4n) is 2.84. The number of carbonyl (C=O) groups is 2. The van der Waals surface area contributed by atoms with E-state index in [2.05, 4.69) is 20.5 Å². The largest absolute Gasteiger partial charge is 0.349 e. The van der Waals surface area contributed by atoms with E-state index in [-0.39, 0.29) is 17.2 Å². The van der Waals surface area contributed by atoms with Crippen LogP contribution >= 0.6 is 11.3 Å². The Kier molecular flexibility index (Phi) is 6.30.